The number of fused-ring (bicyclic) bond motifs is 1. The molecule has 0 radical (unpaired) electrons. The topological polar surface area (TPSA) is 84.0 Å². The second kappa shape index (κ2) is 6.53. The van der Waals surface area contributed by atoms with E-state index < -0.39 is 11.9 Å². The number of amides is 3. The van der Waals surface area contributed by atoms with Gasteiger partial charge in [0.25, 0.3) is 5.91 Å². The summed E-state index contributed by atoms with van der Waals surface area (Å²) in [5, 5.41) is 4.87. The van der Waals surface area contributed by atoms with E-state index in [1.165, 1.54) is 0 Å². The maximum Gasteiger partial charge on any atom is 0.326 e. The molecular weight excluding hydrogens is 360 g/mol. The van der Waals surface area contributed by atoms with Crippen LogP contribution in [0.2, 0.25) is 0 Å². The van der Waals surface area contributed by atoms with Crippen LogP contribution >= 0.6 is 15.9 Å². The molecule has 2 aromatic carbocycles. The number of benzene rings is 2. The first-order chi connectivity index (χ1) is 11.1. The minimum absolute atomic E-state index is 0.336. The third-order valence-electron chi connectivity index (χ3n) is 3.04. The Hall–Kier alpha value is -2.80. The Morgan fingerprint density at radius 2 is 1.74 bits per heavy atom. The lowest BCUT2D eigenvalue weighted by Gasteiger charge is -2.07. The molecule has 7 heteroatoms. The Kier molecular flexibility index (Phi) is 4.29. The molecule has 0 atom stereocenters. The van der Waals surface area contributed by atoms with Crippen molar-refractivity contribution in [1.29, 1.82) is 0 Å². The molecule has 0 aliphatic rings. The second-order valence-electron chi connectivity index (χ2n) is 4.68. The molecule has 23 heavy (non-hydrogen) atoms. The molecule has 3 amide bonds. The molecule has 1 aromatic heterocycles. The SMILES string of the molecule is O=C(NC(=O)c1ccc2nccnc2c1)Nc1cccc(Br)c1. The van der Waals surface area contributed by atoms with Crippen LogP contribution < -0.4 is 10.6 Å². The van der Waals surface area contributed by atoms with E-state index in [0.717, 1.165) is 4.47 Å². The van der Waals surface area contributed by atoms with Gasteiger partial charge in [-0.1, -0.05) is 22.0 Å². The van der Waals surface area contributed by atoms with Gasteiger partial charge in [0.15, 0.2) is 0 Å². The minimum atomic E-state index is -0.604. The van der Waals surface area contributed by atoms with Crippen LogP contribution in [0.5, 0.6) is 0 Å². The highest BCUT2D eigenvalue weighted by Crippen LogP contribution is 2.15. The fraction of sp³-hybridized carbons (Fsp3) is 0. The van der Waals surface area contributed by atoms with Crippen molar-refractivity contribution < 1.29 is 9.59 Å². The number of hydrogen-bond acceptors (Lipinski definition) is 4. The Morgan fingerprint density at radius 3 is 2.52 bits per heavy atom. The van der Waals surface area contributed by atoms with E-state index in [-0.39, 0.29) is 0 Å². The Labute approximate surface area is 140 Å². The van der Waals surface area contributed by atoms with E-state index in [2.05, 4.69) is 36.5 Å². The molecule has 114 valence electrons. The van der Waals surface area contributed by atoms with Gasteiger partial charge >= 0.3 is 6.03 Å². The summed E-state index contributed by atoms with van der Waals surface area (Å²) in [4.78, 5) is 32.3. The fourth-order valence-electron chi connectivity index (χ4n) is 2.01. The Balaban J connectivity index is 1.71. The monoisotopic (exact) mass is 370 g/mol. The number of carbonyl (C=O) groups is 2. The zero-order valence-electron chi connectivity index (χ0n) is 11.8. The van der Waals surface area contributed by atoms with E-state index in [4.69, 9.17) is 0 Å². The zero-order valence-corrected chi connectivity index (χ0v) is 13.4. The highest BCUT2D eigenvalue weighted by molar-refractivity contribution is 9.10. The number of rotatable bonds is 2. The van der Waals surface area contributed by atoms with Gasteiger partial charge in [-0.15, -0.1) is 0 Å². The molecular formula is C16H11BrN4O2. The highest BCUT2D eigenvalue weighted by atomic mass is 79.9. The summed E-state index contributed by atoms with van der Waals surface area (Å²) < 4.78 is 0.828. The molecule has 0 fully saturated rings. The third-order valence-corrected chi connectivity index (χ3v) is 3.53. The molecule has 1 heterocycles. The highest BCUT2D eigenvalue weighted by Gasteiger charge is 2.11. The molecule has 2 N–H and O–H groups in total. The van der Waals surface area contributed by atoms with Crippen LogP contribution in [0.25, 0.3) is 11.0 Å². The molecule has 0 saturated carbocycles. The summed E-state index contributed by atoms with van der Waals surface area (Å²) in [7, 11) is 0. The number of imide groups is 1. The fourth-order valence-corrected chi connectivity index (χ4v) is 2.41. The summed E-state index contributed by atoms with van der Waals surface area (Å²) in [5.74, 6) is -0.509. The molecule has 3 aromatic rings. The van der Waals surface area contributed by atoms with Crippen molar-refractivity contribution in [3.8, 4) is 0 Å². The molecule has 0 bridgehead atoms. The first kappa shape index (κ1) is 15.1. The molecule has 3 rings (SSSR count). The van der Waals surface area contributed by atoms with Crippen LogP contribution in [0, 0.1) is 0 Å². The first-order valence-electron chi connectivity index (χ1n) is 6.70. The zero-order chi connectivity index (χ0) is 16.2. The van der Waals surface area contributed by atoms with Gasteiger partial charge in [0.2, 0.25) is 0 Å². The lowest BCUT2D eigenvalue weighted by atomic mass is 10.2. The molecule has 0 aliphatic heterocycles. The minimum Gasteiger partial charge on any atom is -0.308 e. The normalized spacial score (nSPS) is 10.3. The largest absolute Gasteiger partial charge is 0.326 e. The van der Waals surface area contributed by atoms with Gasteiger partial charge in [-0.3, -0.25) is 20.1 Å². The number of nitrogens with one attached hydrogen (secondary N) is 2. The van der Waals surface area contributed by atoms with Crippen molar-refractivity contribution in [1.82, 2.24) is 15.3 Å². The molecule has 0 aliphatic carbocycles. The van der Waals surface area contributed by atoms with Crippen LogP contribution in [-0.4, -0.2) is 21.9 Å². The van der Waals surface area contributed by atoms with Gasteiger partial charge in [0.05, 0.1) is 11.0 Å². The predicted octanol–water partition coefficient (Wildman–Crippen LogP) is 3.35. The van der Waals surface area contributed by atoms with Gasteiger partial charge in [0, 0.05) is 28.1 Å². The molecule has 0 saturated heterocycles. The van der Waals surface area contributed by atoms with Crippen LogP contribution in [0.4, 0.5) is 10.5 Å². The van der Waals surface area contributed by atoms with E-state index in [0.29, 0.717) is 22.3 Å². The number of urea groups is 1. The summed E-state index contributed by atoms with van der Waals surface area (Å²) in [5.41, 5.74) is 2.19. The van der Waals surface area contributed by atoms with Crippen LogP contribution in [0.3, 0.4) is 0 Å². The summed E-state index contributed by atoms with van der Waals surface area (Å²) >= 11 is 3.31. The van der Waals surface area contributed by atoms with Crippen molar-refractivity contribution in [2.75, 3.05) is 5.32 Å². The maximum absolute atomic E-state index is 12.1. The second-order valence-corrected chi connectivity index (χ2v) is 5.59. The Morgan fingerprint density at radius 1 is 0.957 bits per heavy atom. The van der Waals surface area contributed by atoms with Crippen molar-refractivity contribution in [2.24, 2.45) is 0 Å². The van der Waals surface area contributed by atoms with Crippen molar-refractivity contribution in [2.45, 2.75) is 0 Å². The van der Waals surface area contributed by atoms with Gasteiger partial charge in [-0.25, -0.2) is 4.79 Å². The van der Waals surface area contributed by atoms with E-state index in [9.17, 15) is 9.59 Å². The maximum atomic E-state index is 12.1. The quantitative estimate of drug-likeness (QED) is 0.724. The van der Waals surface area contributed by atoms with Crippen LogP contribution in [0.15, 0.2) is 59.3 Å². The third kappa shape index (κ3) is 3.70. The van der Waals surface area contributed by atoms with Crippen LogP contribution in [0.1, 0.15) is 10.4 Å². The predicted molar refractivity (Wildman–Crippen MR) is 90.2 cm³/mol. The summed E-state index contributed by atoms with van der Waals surface area (Å²) in [6.07, 6.45) is 3.12. The standard InChI is InChI=1S/C16H11BrN4O2/c17-11-2-1-3-12(9-11)20-16(23)21-15(22)10-4-5-13-14(8-10)19-7-6-18-13/h1-9H,(H2,20,21,22,23). The number of hydrogen-bond donors (Lipinski definition) is 2. The molecule has 6 nitrogen and oxygen atoms in total. The lowest BCUT2D eigenvalue weighted by Crippen LogP contribution is -2.34. The van der Waals surface area contributed by atoms with Crippen molar-refractivity contribution in [3.63, 3.8) is 0 Å². The van der Waals surface area contributed by atoms with Crippen molar-refractivity contribution >= 4 is 44.6 Å². The van der Waals surface area contributed by atoms with Gasteiger partial charge in [-0.2, -0.15) is 0 Å². The summed E-state index contributed by atoms with van der Waals surface area (Å²) in [6, 6.07) is 11.3. The first-order valence-corrected chi connectivity index (χ1v) is 7.50. The summed E-state index contributed by atoms with van der Waals surface area (Å²) in [6.45, 7) is 0. The average Bonchev–Trinajstić information content (AvgIpc) is 2.54. The van der Waals surface area contributed by atoms with Gasteiger partial charge < -0.3 is 5.32 Å². The number of halogens is 1. The lowest BCUT2D eigenvalue weighted by molar-refractivity contribution is 0.0967. The van der Waals surface area contributed by atoms with Crippen molar-refractivity contribution in [3.05, 3.63) is 64.9 Å². The number of carbonyl (C=O) groups excluding carboxylic acids is 2. The number of aromatic nitrogens is 2. The average molecular weight is 371 g/mol. The number of nitrogens with zero attached hydrogens (tertiary/aromatic N) is 2. The van der Waals surface area contributed by atoms with Gasteiger partial charge in [-0.05, 0) is 36.4 Å². The van der Waals surface area contributed by atoms with Crippen LogP contribution in [-0.2, 0) is 0 Å². The number of anilines is 1. The van der Waals surface area contributed by atoms with E-state index >= 15 is 0 Å². The Bertz CT molecular complexity index is 898. The van der Waals surface area contributed by atoms with Gasteiger partial charge in [0.1, 0.15) is 0 Å². The smallest absolute Gasteiger partial charge is 0.308 e. The van der Waals surface area contributed by atoms with E-state index in [1.54, 1.807) is 48.8 Å². The molecule has 0 spiro atoms. The molecule has 0 unspecified atom stereocenters. The van der Waals surface area contributed by atoms with E-state index in [1.807, 2.05) is 6.07 Å².